The van der Waals surface area contributed by atoms with Crippen molar-refractivity contribution in [2.45, 2.75) is 18.4 Å². The van der Waals surface area contributed by atoms with Crippen LogP contribution < -0.4 is 4.90 Å². The van der Waals surface area contributed by atoms with Crippen LogP contribution in [0.25, 0.3) is 10.6 Å². The van der Waals surface area contributed by atoms with Crippen molar-refractivity contribution in [2.24, 2.45) is 0 Å². The molecule has 1 saturated heterocycles. The number of rotatable bonds is 6. The number of thioether (sulfide) groups is 1. The van der Waals surface area contributed by atoms with E-state index < -0.39 is 11.9 Å². The maximum absolute atomic E-state index is 14.6. The Kier molecular flexibility index (Phi) is 5.03. The molecule has 1 amide bonds. The first-order valence-corrected chi connectivity index (χ1v) is 10.3. The Labute approximate surface area is 162 Å². The van der Waals surface area contributed by atoms with Crippen molar-refractivity contribution in [1.82, 2.24) is 25.2 Å². The van der Waals surface area contributed by atoms with Gasteiger partial charge in [-0.3, -0.25) is 4.90 Å². The number of ether oxygens (including phenoxy) is 1. The number of hydrogen-bond acceptors (Lipinski definition) is 8. The molecule has 0 spiro atoms. The lowest BCUT2D eigenvalue weighted by Gasteiger charge is -2.13. The molecule has 140 valence electrons. The van der Waals surface area contributed by atoms with Crippen LogP contribution in [0.1, 0.15) is 5.01 Å². The molecule has 0 aliphatic carbocycles. The van der Waals surface area contributed by atoms with Crippen LogP contribution in [0.5, 0.6) is 0 Å². The number of hydrogen-bond donors (Lipinski definition) is 0. The minimum absolute atomic E-state index is 0.314. The Morgan fingerprint density at radius 1 is 1.41 bits per heavy atom. The van der Waals surface area contributed by atoms with Gasteiger partial charge in [0, 0.05) is 17.5 Å². The Bertz CT molecular complexity index is 948. The molecule has 1 fully saturated rings. The van der Waals surface area contributed by atoms with Crippen molar-refractivity contribution in [3.05, 3.63) is 41.4 Å². The van der Waals surface area contributed by atoms with Crippen LogP contribution in [-0.4, -0.2) is 50.2 Å². The number of carbonyl (C=O) groups excluding carboxylic acids is 1. The zero-order valence-electron chi connectivity index (χ0n) is 14.3. The minimum Gasteiger partial charge on any atom is -0.442 e. The van der Waals surface area contributed by atoms with Gasteiger partial charge in [0.25, 0.3) is 0 Å². The van der Waals surface area contributed by atoms with Crippen molar-refractivity contribution in [3.8, 4) is 10.6 Å². The molecule has 4 rings (SSSR count). The Morgan fingerprint density at radius 2 is 2.30 bits per heavy atom. The number of amides is 1. The van der Waals surface area contributed by atoms with Crippen molar-refractivity contribution < 1.29 is 13.9 Å². The smallest absolute Gasteiger partial charge is 0.414 e. The van der Waals surface area contributed by atoms with Crippen LogP contribution in [0.2, 0.25) is 0 Å². The molecule has 1 aromatic carbocycles. The Hall–Kier alpha value is -2.53. The van der Waals surface area contributed by atoms with Crippen LogP contribution in [0, 0.1) is 5.82 Å². The third-order valence-corrected chi connectivity index (χ3v) is 5.67. The van der Waals surface area contributed by atoms with Crippen LogP contribution >= 0.6 is 23.1 Å². The highest BCUT2D eigenvalue weighted by atomic mass is 32.2. The van der Waals surface area contributed by atoms with E-state index in [9.17, 15) is 9.18 Å². The predicted molar refractivity (Wildman–Crippen MR) is 100 cm³/mol. The number of nitrogens with zero attached hydrogens (tertiary/aromatic N) is 6. The van der Waals surface area contributed by atoms with Gasteiger partial charge in [-0.2, -0.15) is 11.8 Å². The number of cyclic esters (lactones) is 1. The maximum Gasteiger partial charge on any atom is 0.414 e. The van der Waals surface area contributed by atoms with Crippen molar-refractivity contribution in [2.75, 3.05) is 17.7 Å². The number of aromatic nitrogens is 5. The monoisotopic (exact) mass is 406 g/mol. The van der Waals surface area contributed by atoms with Gasteiger partial charge >= 0.3 is 6.09 Å². The lowest BCUT2D eigenvalue weighted by Crippen LogP contribution is -2.26. The van der Waals surface area contributed by atoms with E-state index in [0.717, 1.165) is 10.8 Å². The number of halogens is 1. The number of anilines is 1. The fourth-order valence-corrected chi connectivity index (χ4v) is 4.31. The second-order valence-corrected chi connectivity index (χ2v) is 7.77. The predicted octanol–water partition coefficient (Wildman–Crippen LogP) is 2.82. The van der Waals surface area contributed by atoms with Crippen LogP contribution in [0.15, 0.2) is 30.6 Å². The molecule has 1 aliphatic rings. The van der Waals surface area contributed by atoms with E-state index in [0.29, 0.717) is 29.3 Å². The molecular weight excluding hydrogens is 391 g/mol. The van der Waals surface area contributed by atoms with E-state index in [1.165, 1.54) is 22.3 Å². The Balaban J connectivity index is 1.50. The normalized spacial score (nSPS) is 16.7. The number of benzene rings is 1. The SMILES string of the molecule is CSCc1nnc(-c2ccc(N3CC(Cn4ccnn4)OC3=O)cc2F)s1. The molecule has 1 unspecified atom stereocenters. The molecule has 27 heavy (non-hydrogen) atoms. The quantitative estimate of drug-likeness (QED) is 0.622. The fourth-order valence-electron chi connectivity index (χ4n) is 2.76. The third kappa shape index (κ3) is 3.78. The molecule has 0 radical (unpaired) electrons. The van der Waals surface area contributed by atoms with Gasteiger partial charge in [0.1, 0.15) is 16.9 Å². The van der Waals surface area contributed by atoms with Gasteiger partial charge in [-0.15, -0.1) is 15.3 Å². The molecule has 0 N–H and O–H groups in total. The van der Waals surface area contributed by atoms with Crippen molar-refractivity contribution in [3.63, 3.8) is 0 Å². The summed E-state index contributed by atoms with van der Waals surface area (Å²) in [6, 6.07) is 4.63. The zero-order valence-corrected chi connectivity index (χ0v) is 15.9. The molecule has 1 atom stereocenters. The van der Waals surface area contributed by atoms with E-state index in [1.54, 1.807) is 41.0 Å². The van der Waals surface area contributed by atoms with Crippen LogP contribution in [-0.2, 0) is 17.0 Å². The van der Waals surface area contributed by atoms with Crippen molar-refractivity contribution >= 4 is 34.9 Å². The Morgan fingerprint density at radius 3 is 3.04 bits per heavy atom. The zero-order chi connectivity index (χ0) is 18.8. The molecule has 11 heteroatoms. The molecule has 1 aliphatic heterocycles. The van der Waals surface area contributed by atoms with E-state index in [2.05, 4.69) is 20.5 Å². The average Bonchev–Trinajstić information content (AvgIpc) is 3.38. The van der Waals surface area contributed by atoms with Gasteiger partial charge in [-0.05, 0) is 24.5 Å². The van der Waals surface area contributed by atoms with Gasteiger partial charge < -0.3 is 4.74 Å². The highest BCUT2D eigenvalue weighted by Gasteiger charge is 2.33. The molecule has 8 nitrogen and oxygen atoms in total. The second kappa shape index (κ2) is 7.61. The summed E-state index contributed by atoms with van der Waals surface area (Å²) in [6.07, 6.45) is 4.34. The lowest BCUT2D eigenvalue weighted by atomic mass is 10.2. The van der Waals surface area contributed by atoms with Gasteiger partial charge in [0.05, 0.1) is 25.0 Å². The van der Waals surface area contributed by atoms with E-state index in [-0.39, 0.29) is 6.10 Å². The molecule has 2 aromatic heterocycles. The largest absolute Gasteiger partial charge is 0.442 e. The summed E-state index contributed by atoms with van der Waals surface area (Å²) in [5, 5.41) is 17.1. The highest BCUT2D eigenvalue weighted by molar-refractivity contribution is 7.97. The molecule has 0 saturated carbocycles. The third-order valence-electron chi connectivity index (χ3n) is 3.97. The summed E-state index contributed by atoms with van der Waals surface area (Å²) < 4.78 is 21.6. The van der Waals surface area contributed by atoms with Crippen molar-refractivity contribution in [1.29, 1.82) is 0 Å². The molecule has 3 aromatic rings. The average molecular weight is 406 g/mol. The fraction of sp³-hybridized carbons (Fsp3) is 0.312. The van der Waals surface area contributed by atoms with E-state index >= 15 is 0 Å². The maximum atomic E-state index is 14.6. The second-order valence-electron chi connectivity index (χ2n) is 5.84. The summed E-state index contributed by atoms with van der Waals surface area (Å²) >= 11 is 3.00. The summed E-state index contributed by atoms with van der Waals surface area (Å²) in [6.45, 7) is 0.708. The minimum atomic E-state index is -0.509. The van der Waals surface area contributed by atoms with Gasteiger partial charge in [-0.1, -0.05) is 16.6 Å². The first-order chi connectivity index (χ1) is 13.1. The molecule has 0 bridgehead atoms. The lowest BCUT2D eigenvalue weighted by molar-refractivity contribution is 0.129. The van der Waals surface area contributed by atoms with Gasteiger partial charge in [0.2, 0.25) is 0 Å². The highest BCUT2D eigenvalue weighted by Crippen LogP contribution is 2.31. The molecule has 3 heterocycles. The standard InChI is InChI=1S/C16H15FN6O2S2/c1-26-9-14-19-20-15(27-14)12-3-2-10(6-13(12)17)23-8-11(25-16(23)24)7-22-5-4-18-21-22/h2-6,11H,7-9H2,1H3. The topological polar surface area (TPSA) is 86.0 Å². The summed E-state index contributed by atoms with van der Waals surface area (Å²) in [7, 11) is 0. The molecular formula is C16H15FN6O2S2. The van der Waals surface area contributed by atoms with E-state index in [4.69, 9.17) is 4.74 Å². The summed E-state index contributed by atoms with van der Waals surface area (Å²) in [5.41, 5.74) is 0.812. The summed E-state index contributed by atoms with van der Waals surface area (Å²) in [5.74, 6) is 0.288. The van der Waals surface area contributed by atoms with Crippen LogP contribution in [0.3, 0.4) is 0 Å². The summed E-state index contributed by atoms with van der Waals surface area (Å²) in [4.78, 5) is 13.6. The first-order valence-electron chi connectivity index (χ1n) is 8.07. The van der Waals surface area contributed by atoms with Gasteiger partial charge in [0.15, 0.2) is 5.01 Å². The first kappa shape index (κ1) is 17.9. The van der Waals surface area contributed by atoms with Gasteiger partial charge in [-0.25, -0.2) is 13.9 Å². The number of carbonyl (C=O) groups is 1. The van der Waals surface area contributed by atoms with E-state index in [1.807, 2.05) is 6.26 Å². The van der Waals surface area contributed by atoms with Crippen LogP contribution in [0.4, 0.5) is 14.9 Å².